The van der Waals surface area contributed by atoms with Gasteiger partial charge in [-0.25, -0.2) is 4.98 Å². The number of aromatic nitrogens is 1. The van der Waals surface area contributed by atoms with Crippen LogP contribution in [0, 0.1) is 0 Å². The number of benzene rings is 1. The summed E-state index contributed by atoms with van der Waals surface area (Å²) in [4.78, 5) is 8.45. The Balaban J connectivity index is 0.00000243. The summed E-state index contributed by atoms with van der Waals surface area (Å²) in [5, 5.41) is 6.82. The molecular formula is C19H24BrIN4O. The molecule has 1 aliphatic rings. The van der Waals surface area contributed by atoms with Crippen molar-refractivity contribution in [2.75, 3.05) is 20.7 Å². The first-order chi connectivity index (χ1) is 12.2. The average Bonchev–Trinajstić information content (AvgIpc) is 3.43. The molecule has 0 radical (unpaired) electrons. The molecule has 1 heterocycles. The van der Waals surface area contributed by atoms with Gasteiger partial charge in [-0.15, -0.1) is 24.0 Å². The van der Waals surface area contributed by atoms with Gasteiger partial charge in [-0.3, -0.25) is 4.99 Å². The van der Waals surface area contributed by atoms with Gasteiger partial charge in [0.05, 0.1) is 7.11 Å². The molecule has 0 spiro atoms. The van der Waals surface area contributed by atoms with E-state index in [1.165, 1.54) is 22.9 Å². The summed E-state index contributed by atoms with van der Waals surface area (Å²) in [6, 6.07) is 12.4. The third-order valence-electron chi connectivity index (χ3n) is 4.58. The Labute approximate surface area is 180 Å². The van der Waals surface area contributed by atoms with Crippen molar-refractivity contribution in [3.8, 4) is 5.88 Å². The number of methoxy groups -OCH3 is 1. The first kappa shape index (κ1) is 21.0. The summed E-state index contributed by atoms with van der Waals surface area (Å²) in [6.45, 7) is 1.54. The van der Waals surface area contributed by atoms with E-state index in [2.05, 4.69) is 60.8 Å². The second kappa shape index (κ2) is 9.55. The lowest BCUT2D eigenvalue weighted by Crippen LogP contribution is -2.41. The highest BCUT2D eigenvalue weighted by atomic mass is 127. The topological polar surface area (TPSA) is 58.5 Å². The van der Waals surface area contributed by atoms with Gasteiger partial charge in [0.1, 0.15) is 0 Å². The van der Waals surface area contributed by atoms with Crippen LogP contribution in [0.3, 0.4) is 0 Å². The molecule has 7 heteroatoms. The second-order valence-electron chi connectivity index (χ2n) is 6.25. The fourth-order valence-corrected chi connectivity index (χ4v) is 3.62. The smallest absolute Gasteiger partial charge is 0.213 e. The second-order valence-corrected chi connectivity index (χ2v) is 7.10. The van der Waals surface area contributed by atoms with Crippen LogP contribution in [0.4, 0.5) is 0 Å². The SMILES string of the molecule is CN=C(NCc1ccnc(OC)c1)NCC1(c2ccccc2Br)CC1.I. The summed E-state index contributed by atoms with van der Waals surface area (Å²) in [5.41, 5.74) is 2.68. The number of halogens is 2. The molecule has 0 atom stereocenters. The lowest BCUT2D eigenvalue weighted by atomic mass is 9.96. The zero-order valence-electron chi connectivity index (χ0n) is 15.0. The summed E-state index contributed by atoms with van der Waals surface area (Å²) < 4.78 is 6.34. The van der Waals surface area contributed by atoms with Crippen molar-refractivity contribution in [3.05, 3.63) is 58.2 Å². The molecule has 0 unspecified atom stereocenters. The Morgan fingerprint density at radius 1 is 1.27 bits per heavy atom. The molecular weight excluding hydrogens is 507 g/mol. The number of aliphatic imine (C=N–C) groups is 1. The zero-order chi connectivity index (χ0) is 17.7. The molecule has 0 aliphatic heterocycles. The van der Waals surface area contributed by atoms with Gasteiger partial charge in [-0.2, -0.15) is 0 Å². The van der Waals surface area contributed by atoms with Crippen molar-refractivity contribution >= 4 is 45.9 Å². The predicted molar refractivity (Wildman–Crippen MR) is 119 cm³/mol. The minimum atomic E-state index is 0. The Hall–Kier alpha value is -1.35. The van der Waals surface area contributed by atoms with Crippen molar-refractivity contribution in [2.45, 2.75) is 24.8 Å². The number of hydrogen-bond donors (Lipinski definition) is 2. The van der Waals surface area contributed by atoms with Crippen LogP contribution in [-0.2, 0) is 12.0 Å². The van der Waals surface area contributed by atoms with Crippen LogP contribution in [0.5, 0.6) is 5.88 Å². The Morgan fingerprint density at radius 2 is 2.04 bits per heavy atom. The summed E-state index contributed by atoms with van der Waals surface area (Å²) in [6.07, 6.45) is 4.14. The summed E-state index contributed by atoms with van der Waals surface area (Å²) >= 11 is 3.68. The van der Waals surface area contributed by atoms with Crippen molar-refractivity contribution in [1.82, 2.24) is 15.6 Å². The van der Waals surface area contributed by atoms with Gasteiger partial charge in [0.15, 0.2) is 5.96 Å². The Bertz CT molecular complexity index is 765. The van der Waals surface area contributed by atoms with E-state index in [1.807, 2.05) is 12.1 Å². The lowest BCUT2D eigenvalue weighted by Gasteiger charge is -2.20. The molecule has 0 amide bonds. The van der Waals surface area contributed by atoms with Crippen molar-refractivity contribution in [1.29, 1.82) is 0 Å². The van der Waals surface area contributed by atoms with Crippen molar-refractivity contribution in [3.63, 3.8) is 0 Å². The van der Waals surface area contributed by atoms with Crippen LogP contribution in [0.15, 0.2) is 52.1 Å². The van der Waals surface area contributed by atoms with Gasteiger partial charge < -0.3 is 15.4 Å². The number of rotatable bonds is 6. The monoisotopic (exact) mass is 530 g/mol. The predicted octanol–water partition coefficient (Wildman–Crippen LogP) is 3.87. The van der Waals surface area contributed by atoms with Gasteiger partial charge in [0.25, 0.3) is 0 Å². The van der Waals surface area contributed by atoms with Gasteiger partial charge in [0.2, 0.25) is 5.88 Å². The molecule has 5 nitrogen and oxygen atoms in total. The average molecular weight is 531 g/mol. The molecule has 1 aromatic heterocycles. The van der Waals surface area contributed by atoms with Gasteiger partial charge in [-0.1, -0.05) is 34.1 Å². The molecule has 0 saturated heterocycles. The third kappa shape index (κ3) is 5.09. The van der Waals surface area contributed by atoms with Gasteiger partial charge >= 0.3 is 0 Å². The standard InChI is InChI=1S/C19H23BrN4O.HI/c1-21-18(23-12-14-7-10-22-17(11-14)25-2)24-13-19(8-9-19)15-5-3-4-6-16(15)20;/h3-7,10-11H,8-9,12-13H2,1-2H3,(H2,21,23,24);1H. The maximum Gasteiger partial charge on any atom is 0.213 e. The van der Waals surface area contributed by atoms with Crippen LogP contribution in [0.1, 0.15) is 24.0 Å². The number of nitrogens with zero attached hydrogens (tertiary/aromatic N) is 2. The highest BCUT2D eigenvalue weighted by molar-refractivity contribution is 14.0. The first-order valence-corrected chi connectivity index (χ1v) is 9.15. The van der Waals surface area contributed by atoms with E-state index in [9.17, 15) is 0 Å². The molecule has 3 rings (SSSR count). The lowest BCUT2D eigenvalue weighted by molar-refractivity contribution is 0.397. The third-order valence-corrected chi connectivity index (χ3v) is 5.28. The van der Waals surface area contributed by atoms with Gasteiger partial charge in [0, 0.05) is 42.3 Å². The minimum absolute atomic E-state index is 0. The van der Waals surface area contributed by atoms with Crippen LogP contribution in [-0.4, -0.2) is 31.6 Å². The van der Waals surface area contributed by atoms with Crippen LogP contribution < -0.4 is 15.4 Å². The van der Waals surface area contributed by atoms with Crippen LogP contribution in [0.25, 0.3) is 0 Å². The quantitative estimate of drug-likeness (QED) is 0.338. The molecule has 1 saturated carbocycles. The molecule has 2 aromatic rings. The summed E-state index contributed by atoms with van der Waals surface area (Å²) in [5.74, 6) is 1.42. The summed E-state index contributed by atoms with van der Waals surface area (Å²) in [7, 11) is 3.41. The Kier molecular flexibility index (Phi) is 7.69. The molecule has 1 aromatic carbocycles. The van der Waals surface area contributed by atoms with E-state index < -0.39 is 0 Å². The highest BCUT2D eigenvalue weighted by Gasteiger charge is 2.45. The van der Waals surface area contributed by atoms with E-state index in [1.54, 1.807) is 20.4 Å². The molecule has 26 heavy (non-hydrogen) atoms. The number of pyridine rings is 1. The maximum atomic E-state index is 5.16. The number of ether oxygens (including phenoxy) is 1. The van der Waals surface area contributed by atoms with E-state index in [-0.39, 0.29) is 29.4 Å². The van der Waals surface area contributed by atoms with Crippen LogP contribution in [0.2, 0.25) is 0 Å². The van der Waals surface area contributed by atoms with Crippen molar-refractivity contribution < 1.29 is 4.74 Å². The minimum Gasteiger partial charge on any atom is -0.481 e. The molecule has 1 fully saturated rings. The normalized spacial score (nSPS) is 15.0. The number of nitrogens with one attached hydrogen (secondary N) is 2. The molecule has 2 N–H and O–H groups in total. The number of guanidine groups is 1. The van der Waals surface area contributed by atoms with E-state index in [0.717, 1.165) is 18.1 Å². The first-order valence-electron chi connectivity index (χ1n) is 8.35. The van der Waals surface area contributed by atoms with E-state index >= 15 is 0 Å². The van der Waals surface area contributed by atoms with E-state index in [0.29, 0.717) is 12.4 Å². The molecule has 140 valence electrons. The van der Waals surface area contributed by atoms with Gasteiger partial charge in [-0.05, 0) is 36.1 Å². The fraction of sp³-hybridized carbons (Fsp3) is 0.368. The molecule has 1 aliphatic carbocycles. The van der Waals surface area contributed by atoms with Crippen LogP contribution >= 0.6 is 39.9 Å². The highest BCUT2D eigenvalue weighted by Crippen LogP contribution is 2.49. The largest absolute Gasteiger partial charge is 0.481 e. The zero-order valence-corrected chi connectivity index (χ0v) is 18.9. The van der Waals surface area contributed by atoms with Crippen molar-refractivity contribution in [2.24, 2.45) is 4.99 Å². The maximum absolute atomic E-state index is 5.16. The molecule has 0 bridgehead atoms. The Morgan fingerprint density at radius 3 is 2.69 bits per heavy atom. The van der Waals surface area contributed by atoms with E-state index in [4.69, 9.17) is 4.74 Å². The number of hydrogen-bond acceptors (Lipinski definition) is 3. The fourth-order valence-electron chi connectivity index (χ4n) is 2.91.